The molecule has 124 valence electrons. The van der Waals surface area contributed by atoms with E-state index < -0.39 is 23.4 Å². The van der Waals surface area contributed by atoms with Crippen molar-refractivity contribution in [2.24, 2.45) is 0 Å². The molecule has 5 nitrogen and oxygen atoms in total. The minimum atomic E-state index is -4.50. The highest BCUT2D eigenvalue weighted by Crippen LogP contribution is 2.40. The second-order valence-corrected chi connectivity index (χ2v) is 5.72. The lowest BCUT2D eigenvalue weighted by molar-refractivity contribution is -0.185. The number of aromatic nitrogens is 1. The van der Waals surface area contributed by atoms with E-state index in [0.717, 1.165) is 19.9 Å². The first kappa shape index (κ1) is 17.1. The SMILES string of the molecule is CC(C)(c1cc(NC(=O)Nc2ccc(Cl)cc2)no1)C(F)(F)F. The first-order chi connectivity index (χ1) is 10.6. The van der Waals surface area contributed by atoms with Gasteiger partial charge in [0.25, 0.3) is 0 Å². The Balaban J connectivity index is 2.04. The number of rotatable bonds is 3. The van der Waals surface area contributed by atoms with E-state index in [2.05, 4.69) is 15.8 Å². The van der Waals surface area contributed by atoms with Gasteiger partial charge in [-0.15, -0.1) is 0 Å². The average Bonchev–Trinajstić information content (AvgIpc) is 2.89. The number of nitrogens with one attached hydrogen (secondary N) is 2. The molecule has 0 bridgehead atoms. The van der Waals surface area contributed by atoms with Gasteiger partial charge in [-0.25, -0.2) is 4.79 Å². The summed E-state index contributed by atoms with van der Waals surface area (Å²) in [5, 5.41) is 8.71. The number of carbonyl (C=O) groups excluding carboxylic acids is 1. The second-order valence-electron chi connectivity index (χ2n) is 5.29. The summed E-state index contributed by atoms with van der Waals surface area (Å²) in [6, 6.07) is 6.67. The van der Waals surface area contributed by atoms with Gasteiger partial charge in [-0.3, -0.25) is 5.32 Å². The van der Waals surface area contributed by atoms with E-state index in [-0.39, 0.29) is 5.82 Å². The van der Waals surface area contributed by atoms with Gasteiger partial charge in [0.05, 0.1) is 0 Å². The van der Waals surface area contributed by atoms with Gasteiger partial charge in [0.1, 0.15) is 5.41 Å². The molecule has 0 unspecified atom stereocenters. The Morgan fingerprint density at radius 3 is 2.35 bits per heavy atom. The normalized spacial score (nSPS) is 12.1. The number of hydrogen-bond acceptors (Lipinski definition) is 3. The summed E-state index contributed by atoms with van der Waals surface area (Å²) in [4.78, 5) is 11.8. The van der Waals surface area contributed by atoms with Crippen molar-refractivity contribution in [3.63, 3.8) is 0 Å². The van der Waals surface area contributed by atoms with Crippen LogP contribution >= 0.6 is 11.6 Å². The van der Waals surface area contributed by atoms with E-state index in [4.69, 9.17) is 16.1 Å². The number of hydrogen-bond donors (Lipinski definition) is 2. The lowest BCUT2D eigenvalue weighted by Gasteiger charge is -2.24. The molecular weight excluding hydrogens is 335 g/mol. The number of nitrogens with zero attached hydrogens (tertiary/aromatic N) is 1. The predicted octanol–water partition coefficient (Wildman–Crippen LogP) is 4.81. The molecule has 0 aliphatic rings. The third-order valence-corrected chi connectivity index (χ3v) is 3.43. The maximum Gasteiger partial charge on any atom is 0.401 e. The summed E-state index contributed by atoms with van der Waals surface area (Å²) < 4.78 is 43.4. The van der Waals surface area contributed by atoms with Crippen LogP contribution in [-0.4, -0.2) is 17.4 Å². The van der Waals surface area contributed by atoms with Crippen LogP contribution in [0.5, 0.6) is 0 Å². The van der Waals surface area contributed by atoms with Crippen molar-refractivity contribution in [1.82, 2.24) is 5.16 Å². The Kier molecular flexibility index (Phi) is 4.56. The van der Waals surface area contributed by atoms with Gasteiger partial charge < -0.3 is 9.84 Å². The summed E-state index contributed by atoms with van der Waals surface area (Å²) in [5.74, 6) is -0.518. The van der Waals surface area contributed by atoms with Crippen LogP contribution in [0.2, 0.25) is 5.02 Å². The largest absolute Gasteiger partial charge is 0.401 e. The lowest BCUT2D eigenvalue weighted by atomic mass is 9.89. The number of halogens is 4. The molecule has 0 fully saturated rings. The summed E-state index contributed by atoms with van der Waals surface area (Å²) in [5.41, 5.74) is -1.75. The molecule has 0 atom stereocenters. The van der Waals surface area contributed by atoms with Crippen LogP contribution in [-0.2, 0) is 5.41 Å². The van der Waals surface area contributed by atoms with Gasteiger partial charge in [0.2, 0.25) is 0 Å². The van der Waals surface area contributed by atoms with Crippen molar-refractivity contribution in [2.45, 2.75) is 25.4 Å². The van der Waals surface area contributed by atoms with Crippen LogP contribution in [0.1, 0.15) is 19.6 Å². The summed E-state index contributed by atoms with van der Waals surface area (Å²) in [7, 11) is 0. The van der Waals surface area contributed by atoms with Crippen LogP contribution in [0.3, 0.4) is 0 Å². The molecule has 0 spiro atoms. The van der Waals surface area contributed by atoms with Crippen molar-refractivity contribution >= 4 is 29.1 Å². The summed E-state index contributed by atoms with van der Waals surface area (Å²) in [6.07, 6.45) is -4.50. The van der Waals surface area contributed by atoms with Gasteiger partial charge in [-0.1, -0.05) is 16.8 Å². The maximum absolute atomic E-state index is 12.9. The fourth-order valence-electron chi connectivity index (χ4n) is 1.58. The van der Waals surface area contributed by atoms with E-state index in [1.165, 1.54) is 0 Å². The predicted molar refractivity (Wildman–Crippen MR) is 79.7 cm³/mol. The van der Waals surface area contributed by atoms with Crippen molar-refractivity contribution in [2.75, 3.05) is 10.6 Å². The van der Waals surface area contributed by atoms with Crippen LogP contribution in [0.15, 0.2) is 34.9 Å². The van der Waals surface area contributed by atoms with Gasteiger partial charge in [0, 0.05) is 16.8 Å². The minimum Gasteiger partial charge on any atom is -0.358 e. The van der Waals surface area contributed by atoms with Gasteiger partial charge in [-0.2, -0.15) is 13.2 Å². The van der Waals surface area contributed by atoms with Crippen molar-refractivity contribution in [1.29, 1.82) is 0 Å². The molecule has 23 heavy (non-hydrogen) atoms. The molecule has 0 aliphatic carbocycles. The standard InChI is InChI=1S/C14H13ClF3N3O2/c1-13(2,14(16,17)18)10-7-11(21-23-10)20-12(22)19-9-5-3-8(15)4-6-9/h3-7H,1-2H3,(H2,19,20,21,22). The number of anilines is 2. The van der Waals surface area contributed by atoms with Gasteiger partial charge in [0.15, 0.2) is 11.6 Å². The van der Waals surface area contributed by atoms with Crippen LogP contribution in [0.4, 0.5) is 29.5 Å². The molecule has 1 aromatic heterocycles. The molecule has 1 aromatic carbocycles. The molecule has 0 radical (unpaired) electrons. The topological polar surface area (TPSA) is 67.2 Å². The third kappa shape index (κ3) is 3.95. The van der Waals surface area contributed by atoms with E-state index in [0.29, 0.717) is 10.7 Å². The minimum absolute atomic E-state index is 0.121. The monoisotopic (exact) mass is 347 g/mol. The van der Waals surface area contributed by atoms with Gasteiger partial charge in [-0.05, 0) is 38.1 Å². The molecular formula is C14H13ClF3N3O2. The fourth-order valence-corrected chi connectivity index (χ4v) is 1.71. The van der Waals surface area contributed by atoms with Crippen molar-refractivity contribution in [3.8, 4) is 0 Å². The Morgan fingerprint density at radius 1 is 1.17 bits per heavy atom. The number of alkyl halides is 3. The highest BCUT2D eigenvalue weighted by atomic mass is 35.5. The molecule has 2 amide bonds. The molecule has 1 heterocycles. The zero-order chi connectivity index (χ0) is 17.3. The Bertz CT molecular complexity index is 696. The molecule has 2 N–H and O–H groups in total. The molecule has 0 saturated carbocycles. The fraction of sp³-hybridized carbons (Fsp3) is 0.286. The van der Waals surface area contributed by atoms with E-state index in [1.807, 2.05) is 0 Å². The quantitative estimate of drug-likeness (QED) is 0.837. The molecule has 2 aromatic rings. The van der Waals surface area contributed by atoms with Crippen LogP contribution in [0.25, 0.3) is 0 Å². The highest BCUT2D eigenvalue weighted by molar-refractivity contribution is 6.30. The van der Waals surface area contributed by atoms with Crippen LogP contribution < -0.4 is 10.6 Å². The molecule has 0 saturated heterocycles. The lowest BCUT2D eigenvalue weighted by Crippen LogP contribution is -2.35. The molecule has 2 rings (SSSR count). The number of amides is 2. The van der Waals surface area contributed by atoms with Crippen LogP contribution in [0, 0.1) is 0 Å². The summed E-state index contributed by atoms with van der Waals surface area (Å²) in [6.45, 7) is 1.93. The van der Waals surface area contributed by atoms with Crippen molar-refractivity contribution < 1.29 is 22.5 Å². The maximum atomic E-state index is 12.9. The second kappa shape index (κ2) is 6.11. The zero-order valence-corrected chi connectivity index (χ0v) is 12.9. The number of urea groups is 1. The highest BCUT2D eigenvalue weighted by Gasteiger charge is 2.51. The van der Waals surface area contributed by atoms with E-state index in [1.54, 1.807) is 24.3 Å². The van der Waals surface area contributed by atoms with E-state index in [9.17, 15) is 18.0 Å². The summed E-state index contributed by atoms with van der Waals surface area (Å²) >= 11 is 5.72. The number of carbonyl (C=O) groups is 1. The average molecular weight is 348 g/mol. The first-order valence-electron chi connectivity index (χ1n) is 6.47. The smallest absolute Gasteiger partial charge is 0.358 e. The Hall–Kier alpha value is -2.22. The van der Waals surface area contributed by atoms with Gasteiger partial charge >= 0.3 is 12.2 Å². The third-order valence-electron chi connectivity index (χ3n) is 3.18. The Morgan fingerprint density at radius 2 is 1.78 bits per heavy atom. The first-order valence-corrected chi connectivity index (χ1v) is 6.85. The Labute approximate surface area is 134 Å². The zero-order valence-electron chi connectivity index (χ0n) is 12.2. The number of benzene rings is 1. The van der Waals surface area contributed by atoms with Crippen molar-refractivity contribution in [3.05, 3.63) is 41.1 Å². The molecule has 9 heteroatoms. The van der Waals surface area contributed by atoms with E-state index >= 15 is 0 Å². The molecule has 0 aliphatic heterocycles.